The summed E-state index contributed by atoms with van der Waals surface area (Å²) in [7, 11) is 0. The molecule has 0 heterocycles. The normalized spacial score (nSPS) is 11.2. The second kappa shape index (κ2) is 13.8. The summed E-state index contributed by atoms with van der Waals surface area (Å²) >= 11 is 0. The first-order valence-electron chi connectivity index (χ1n) is 14.4. The van der Waals surface area contributed by atoms with Crippen LogP contribution in [0.2, 0.25) is 0 Å². The molecule has 2 nitrogen and oxygen atoms in total. The molecule has 5 aromatic rings. The summed E-state index contributed by atoms with van der Waals surface area (Å²) in [4.78, 5) is 4.50. The van der Waals surface area contributed by atoms with E-state index in [0.717, 1.165) is 56.4 Å². The van der Waals surface area contributed by atoms with E-state index >= 15 is 0 Å². The number of anilines is 5. The van der Waals surface area contributed by atoms with Crippen molar-refractivity contribution in [1.82, 2.24) is 0 Å². The molecule has 0 saturated heterocycles. The van der Waals surface area contributed by atoms with Gasteiger partial charge in [0, 0.05) is 34.1 Å². The van der Waals surface area contributed by atoms with Crippen LogP contribution in [-0.4, -0.2) is 0 Å². The van der Waals surface area contributed by atoms with E-state index in [4.69, 9.17) is 0 Å². The number of allylic oxidation sites excluding steroid dienone is 4. The molecule has 0 aliphatic rings. The Hall–Kier alpha value is -5.60. The van der Waals surface area contributed by atoms with Crippen LogP contribution in [0.15, 0.2) is 177 Å². The first-order valence-corrected chi connectivity index (χ1v) is 14.4. The minimum Gasteiger partial charge on any atom is -0.310 e. The van der Waals surface area contributed by atoms with Gasteiger partial charge in [-0.2, -0.15) is 0 Å². The Morgan fingerprint density at radius 1 is 0.535 bits per heavy atom. The molecule has 0 aromatic heterocycles. The van der Waals surface area contributed by atoms with E-state index in [1.165, 1.54) is 0 Å². The number of hydrogen-bond acceptors (Lipinski definition) is 2. The van der Waals surface area contributed by atoms with Gasteiger partial charge in [0.15, 0.2) is 0 Å². The molecule has 0 bridgehead atoms. The fourth-order valence-electron chi connectivity index (χ4n) is 5.16. The van der Waals surface area contributed by atoms with E-state index in [1.807, 2.05) is 43.4 Å². The average Bonchev–Trinajstić information content (AvgIpc) is 3.07. The molecule has 0 radical (unpaired) electrons. The van der Waals surface area contributed by atoms with Gasteiger partial charge in [-0.1, -0.05) is 111 Å². The molecule has 0 aliphatic carbocycles. The summed E-state index contributed by atoms with van der Waals surface area (Å²) in [5.41, 5.74) is 10.9. The van der Waals surface area contributed by atoms with Crippen LogP contribution < -0.4 is 9.80 Å². The van der Waals surface area contributed by atoms with Crippen LogP contribution in [0.4, 0.5) is 28.4 Å². The van der Waals surface area contributed by atoms with Gasteiger partial charge in [0.25, 0.3) is 0 Å². The number of rotatable bonds is 11. The van der Waals surface area contributed by atoms with E-state index in [-0.39, 0.29) is 0 Å². The topological polar surface area (TPSA) is 6.48 Å². The lowest BCUT2D eigenvalue weighted by atomic mass is 10.0. The zero-order valence-corrected chi connectivity index (χ0v) is 24.6. The van der Waals surface area contributed by atoms with Crippen molar-refractivity contribution in [2.24, 2.45) is 0 Å². The Morgan fingerprint density at radius 2 is 1.05 bits per heavy atom. The first kappa shape index (κ1) is 28.9. The van der Waals surface area contributed by atoms with Crippen LogP contribution in [0, 0.1) is 0 Å². The van der Waals surface area contributed by atoms with Crippen molar-refractivity contribution in [1.29, 1.82) is 0 Å². The maximum absolute atomic E-state index is 3.96. The molecule has 43 heavy (non-hydrogen) atoms. The molecular weight excluding hydrogens is 520 g/mol. The van der Waals surface area contributed by atoms with E-state index in [9.17, 15) is 0 Å². The van der Waals surface area contributed by atoms with Crippen molar-refractivity contribution >= 4 is 40.6 Å². The van der Waals surface area contributed by atoms with Crippen LogP contribution in [0.1, 0.15) is 18.1 Å². The molecule has 2 heteroatoms. The van der Waals surface area contributed by atoms with Crippen LogP contribution in [0.25, 0.3) is 23.3 Å². The molecule has 0 fully saturated rings. The summed E-state index contributed by atoms with van der Waals surface area (Å²) in [6.45, 7) is 13.9. The molecule has 0 spiro atoms. The Morgan fingerprint density at radius 3 is 1.60 bits per heavy atom. The van der Waals surface area contributed by atoms with Gasteiger partial charge in [-0.3, -0.25) is 0 Å². The first-order chi connectivity index (χ1) is 21.1. The highest BCUT2D eigenvalue weighted by Crippen LogP contribution is 2.37. The van der Waals surface area contributed by atoms with Gasteiger partial charge in [0.2, 0.25) is 0 Å². The highest BCUT2D eigenvalue weighted by Gasteiger charge is 2.15. The van der Waals surface area contributed by atoms with Crippen molar-refractivity contribution in [2.75, 3.05) is 9.80 Å². The van der Waals surface area contributed by atoms with Crippen molar-refractivity contribution in [3.05, 3.63) is 188 Å². The van der Waals surface area contributed by atoms with Gasteiger partial charge in [0.1, 0.15) is 0 Å². The van der Waals surface area contributed by atoms with Crippen LogP contribution >= 0.6 is 0 Å². The van der Waals surface area contributed by atoms with Crippen molar-refractivity contribution in [2.45, 2.75) is 6.92 Å². The summed E-state index contributed by atoms with van der Waals surface area (Å²) in [5.74, 6) is 0. The van der Waals surface area contributed by atoms with E-state index in [1.54, 1.807) is 0 Å². The van der Waals surface area contributed by atoms with E-state index in [2.05, 4.69) is 157 Å². The van der Waals surface area contributed by atoms with Gasteiger partial charge in [0.05, 0.1) is 0 Å². The summed E-state index contributed by atoms with van der Waals surface area (Å²) in [5, 5.41) is 0. The van der Waals surface area contributed by atoms with Gasteiger partial charge >= 0.3 is 0 Å². The Bertz CT molecular complexity index is 1760. The largest absolute Gasteiger partial charge is 0.310 e. The highest BCUT2D eigenvalue weighted by molar-refractivity contribution is 5.80. The number of para-hydroxylation sites is 1. The molecule has 5 rings (SSSR count). The van der Waals surface area contributed by atoms with Gasteiger partial charge in [-0.05, 0) is 102 Å². The summed E-state index contributed by atoms with van der Waals surface area (Å²) in [6, 6.07) is 44.7. The monoisotopic (exact) mass is 556 g/mol. The lowest BCUT2D eigenvalue weighted by molar-refractivity contribution is 1.20. The average molecular weight is 557 g/mol. The lowest BCUT2D eigenvalue weighted by Crippen LogP contribution is -2.15. The molecule has 0 aliphatic heterocycles. The second-order valence-electron chi connectivity index (χ2n) is 10.0. The van der Waals surface area contributed by atoms with Crippen molar-refractivity contribution < 1.29 is 0 Å². The molecule has 5 aromatic carbocycles. The van der Waals surface area contributed by atoms with Crippen molar-refractivity contribution in [3.63, 3.8) is 0 Å². The number of hydrogen-bond donors (Lipinski definition) is 0. The molecule has 0 unspecified atom stereocenters. The van der Waals surface area contributed by atoms with Gasteiger partial charge in [-0.15, -0.1) is 0 Å². The van der Waals surface area contributed by atoms with E-state index in [0.29, 0.717) is 0 Å². The van der Waals surface area contributed by atoms with Crippen LogP contribution in [0.5, 0.6) is 0 Å². The smallest absolute Gasteiger partial charge is 0.0467 e. The standard InChI is InChI=1S/C41H36N2/c1-5-14-36(15-6-2)42(40-20-12-16-32(7-3)30-40)38-26-22-34(23-27-38)35-24-28-39(29-25-35)43(37-18-10-9-11-19-37)41-21-13-17-33(8-4)31-41/h5-31H,1,3-4H2,2H3/b15-6-,36-14+. The molecule has 210 valence electrons. The maximum atomic E-state index is 3.96. The SMILES string of the molecule is C=C/C=C(\C=C/C)N(c1ccc(-c2ccc(N(c3ccccc3)c3cccc(C=C)c3)cc2)cc1)c1cccc(C=C)c1. The van der Waals surface area contributed by atoms with Crippen LogP contribution in [-0.2, 0) is 0 Å². The minimum absolute atomic E-state index is 1.03. The Labute approximate surface area is 256 Å². The molecule has 0 N–H and O–H groups in total. The molecular formula is C41H36N2. The zero-order chi connectivity index (χ0) is 30.0. The molecule has 0 amide bonds. The fraction of sp³-hybridized carbons (Fsp3) is 0.0244. The Balaban J connectivity index is 1.49. The zero-order valence-electron chi connectivity index (χ0n) is 24.6. The number of benzene rings is 5. The quantitative estimate of drug-likeness (QED) is 0.149. The predicted octanol–water partition coefficient (Wildman–Crippen LogP) is 11.9. The third-order valence-corrected chi connectivity index (χ3v) is 7.21. The molecule has 0 atom stereocenters. The number of nitrogens with zero attached hydrogens (tertiary/aromatic N) is 2. The third-order valence-electron chi connectivity index (χ3n) is 7.21. The fourth-order valence-corrected chi connectivity index (χ4v) is 5.16. The minimum atomic E-state index is 1.03. The van der Waals surface area contributed by atoms with E-state index < -0.39 is 0 Å². The highest BCUT2D eigenvalue weighted by atomic mass is 15.1. The maximum Gasteiger partial charge on any atom is 0.0467 e. The van der Waals surface area contributed by atoms with Crippen LogP contribution in [0.3, 0.4) is 0 Å². The second-order valence-corrected chi connectivity index (χ2v) is 10.0. The van der Waals surface area contributed by atoms with Gasteiger partial charge < -0.3 is 9.80 Å². The lowest BCUT2D eigenvalue weighted by Gasteiger charge is -2.27. The molecule has 0 saturated carbocycles. The summed E-state index contributed by atoms with van der Waals surface area (Å²) < 4.78 is 0. The van der Waals surface area contributed by atoms with Crippen molar-refractivity contribution in [3.8, 4) is 11.1 Å². The Kier molecular flexibility index (Phi) is 9.31. The van der Waals surface area contributed by atoms with Gasteiger partial charge in [-0.25, -0.2) is 0 Å². The third kappa shape index (κ3) is 6.66. The summed E-state index contributed by atoms with van der Waals surface area (Å²) in [6.07, 6.45) is 11.7. The predicted molar refractivity (Wildman–Crippen MR) is 188 cm³/mol.